The van der Waals surface area contributed by atoms with E-state index in [0.717, 1.165) is 22.9 Å². The monoisotopic (exact) mass is 291 g/mol. The molecule has 0 saturated carbocycles. The number of hydrogen-bond acceptors (Lipinski definition) is 5. The number of benzene rings is 1. The fourth-order valence-corrected chi connectivity index (χ4v) is 2.65. The summed E-state index contributed by atoms with van der Waals surface area (Å²) in [6.07, 6.45) is 0. The van der Waals surface area contributed by atoms with E-state index >= 15 is 0 Å². The normalized spacial score (nSPS) is 10.3. The SMILES string of the molecule is Cc1nc(C)c(CNc2cccc(OCC(N)=O)c2)s1. The quantitative estimate of drug-likeness (QED) is 0.855. The van der Waals surface area contributed by atoms with Gasteiger partial charge in [0, 0.05) is 16.6 Å². The summed E-state index contributed by atoms with van der Waals surface area (Å²) < 4.78 is 5.26. The van der Waals surface area contributed by atoms with Crippen LogP contribution in [0.4, 0.5) is 5.69 Å². The number of nitrogens with one attached hydrogen (secondary N) is 1. The summed E-state index contributed by atoms with van der Waals surface area (Å²) in [5.74, 6) is 0.130. The van der Waals surface area contributed by atoms with Crippen LogP contribution in [0, 0.1) is 13.8 Å². The Balaban J connectivity index is 1.97. The summed E-state index contributed by atoms with van der Waals surface area (Å²) in [4.78, 5) is 16.3. The van der Waals surface area contributed by atoms with E-state index in [-0.39, 0.29) is 6.61 Å². The maximum Gasteiger partial charge on any atom is 0.255 e. The number of nitrogens with two attached hydrogens (primary N) is 1. The second-order valence-corrected chi connectivity index (χ2v) is 5.67. The van der Waals surface area contributed by atoms with Crippen molar-refractivity contribution in [2.45, 2.75) is 20.4 Å². The third-order valence-electron chi connectivity index (χ3n) is 2.67. The van der Waals surface area contributed by atoms with Crippen molar-refractivity contribution < 1.29 is 9.53 Å². The highest BCUT2D eigenvalue weighted by molar-refractivity contribution is 7.11. The van der Waals surface area contributed by atoms with E-state index in [4.69, 9.17) is 10.5 Å². The maximum atomic E-state index is 10.7. The molecule has 1 heterocycles. The molecule has 1 aromatic carbocycles. The Morgan fingerprint density at radius 2 is 2.25 bits per heavy atom. The molecule has 0 atom stereocenters. The molecule has 0 aliphatic heterocycles. The molecule has 20 heavy (non-hydrogen) atoms. The Morgan fingerprint density at radius 1 is 1.45 bits per heavy atom. The molecule has 0 unspecified atom stereocenters. The first-order chi connectivity index (χ1) is 9.54. The first-order valence-electron chi connectivity index (χ1n) is 6.22. The van der Waals surface area contributed by atoms with Crippen molar-refractivity contribution in [2.75, 3.05) is 11.9 Å². The van der Waals surface area contributed by atoms with Gasteiger partial charge in [0.25, 0.3) is 5.91 Å². The average Bonchev–Trinajstić information content (AvgIpc) is 2.73. The molecule has 2 aromatic rings. The topological polar surface area (TPSA) is 77.2 Å². The lowest BCUT2D eigenvalue weighted by Crippen LogP contribution is -2.20. The van der Waals surface area contributed by atoms with Crippen LogP contribution in [0.2, 0.25) is 0 Å². The third kappa shape index (κ3) is 3.96. The van der Waals surface area contributed by atoms with Gasteiger partial charge in [0.05, 0.1) is 17.2 Å². The molecule has 3 N–H and O–H groups in total. The van der Waals surface area contributed by atoms with Crippen molar-refractivity contribution in [3.8, 4) is 5.75 Å². The zero-order valence-electron chi connectivity index (χ0n) is 11.5. The van der Waals surface area contributed by atoms with Crippen molar-refractivity contribution >= 4 is 22.9 Å². The number of amides is 1. The molecule has 6 heteroatoms. The van der Waals surface area contributed by atoms with Gasteiger partial charge in [-0.1, -0.05) is 6.07 Å². The average molecular weight is 291 g/mol. The second kappa shape index (κ2) is 6.38. The Kier molecular flexibility index (Phi) is 4.57. The molecule has 0 fully saturated rings. The summed E-state index contributed by atoms with van der Waals surface area (Å²) in [6.45, 7) is 4.61. The number of hydrogen-bond donors (Lipinski definition) is 2. The minimum absolute atomic E-state index is 0.114. The predicted octanol–water partition coefficient (Wildman–Crippen LogP) is 2.24. The number of primary amides is 1. The summed E-state index contributed by atoms with van der Waals surface area (Å²) in [6, 6.07) is 7.44. The molecule has 1 aromatic heterocycles. The van der Waals surface area contributed by atoms with Crippen molar-refractivity contribution in [3.05, 3.63) is 39.8 Å². The van der Waals surface area contributed by atoms with E-state index in [1.54, 1.807) is 17.4 Å². The van der Waals surface area contributed by atoms with Crippen molar-refractivity contribution in [2.24, 2.45) is 5.73 Å². The van der Waals surface area contributed by atoms with Crippen LogP contribution in [0.3, 0.4) is 0 Å². The molecule has 1 amide bonds. The molecule has 0 aliphatic carbocycles. The van der Waals surface area contributed by atoms with Crippen LogP contribution < -0.4 is 15.8 Å². The van der Waals surface area contributed by atoms with Crippen LogP contribution in [0.1, 0.15) is 15.6 Å². The highest BCUT2D eigenvalue weighted by Gasteiger charge is 2.05. The number of carbonyl (C=O) groups excluding carboxylic acids is 1. The molecular formula is C14H17N3O2S. The fourth-order valence-electron chi connectivity index (χ4n) is 1.77. The first-order valence-corrected chi connectivity index (χ1v) is 7.04. The Morgan fingerprint density at radius 3 is 2.90 bits per heavy atom. The van der Waals surface area contributed by atoms with Crippen LogP contribution in [0.15, 0.2) is 24.3 Å². The first kappa shape index (κ1) is 14.3. The Bertz CT molecular complexity index is 610. The van der Waals surface area contributed by atoms with Crippen LogP contribution in [-0.2, 0) is 11.3 Å². The number of anilines is 1. The Hall–Kier alpha value is -2.08. The minimum Gasteiger partial charge on any atom is -0.484 e. The van der Waals surface area contributed by atoms with E-state index in [9.17, 15) is 4.79 Å². The van der Waals surface area contributed by atoms with E-state index < -0.39 is 5.91 Å². The fraction of sp³-hybridized carbons (Fsp3) is 0.286. The molecule has 0 aliphatic rings. The second-order valence-electron chi connectivity index (χ2n) is 4.38. The molecule has 0 spiro atoms. The summed E-state index contributed by atoms with van der Waals surface area (Å²) in [5.41, 5.74) is 7.03. The van der Waals surface area contributed by atoms with Crippen LogP contribution in [0.25, 0.3) is 0 Å². The van der Waals surface area contributed by atoms with Crippen molar-refractivity contribution in [1.82, 2.24) is 4.98 Å². The van der Waals surface area contributed by atoms with E-state index in [0.29, 0.717) is 5.75 Å². The lowest BCUT2D eigenvalue weighted by Gasteiger charge is -2.08. The number of nitrogens with zero attached hydrogens (tertiary/aromatic N) is 1. The number of aromatic nitrogens is 1. The molecule has 0 bridgehead atoms. The van der Waals surface area contributed by atoms with Gasteiger partial charge in [-0.25, -0.2) is 4.98 Å². The number of ether oxygens (including phenoxy) is 1. The van der Waals surface area contributed by atoms with Gasteiger partial charge in [0.2, 0.25) is 0 Å². The maximum absolute atomic E-state index is 10.7. The largest absolute Gasteiger partial charge is 0.484 e. The lowest BCUT2D eigenvalue weighted by atomic mass is 10.3. The molecule has 2 rings (SSSR count). The van der Waals surface area contributed by atoms with Crippen LogP contribution in [0.5, 0.6) is 5.75 Å². The molecule has 0 radical (unpaired) electrons. The smallest absolute Gasteiger partial charge is 0.255 e. The van der Waals surface area contributed by atoms with E-state index in [1.807, 2.05) is 32.0 Å². The standard InChI is InChI=1S/C14H17N3O2S/c1-9-13(20-10(2)17-9)7-16-11-4-3-5-12(6-11)19-8-14(15)18/h3-6,16H,7-8H2,1-2H3,(H2,15,18). The van der Waals surface area contributed by atoms with Gasteiger partial charge in [-0.3, -0.25) is 4.79 Å². The number of carbonyl (C=O) groups is 1. The molecule has 106 valence electrons. The Labute approximate surface area is 121 Å². The van der Waals surface area contributed by atoms with Gasteiger partial charge in [-0.05, 0) is 26.0 Å². The van der Waals surface area contributed by atoms with Gasteiger partial charge in [-0.2, -0.15) is 0 Å². The highest BCUT2D eigenvalue weighted by Crippen LogP contribution is 2.21. The van der Waals surface area contributed by atoms with Gasteiger partial charge in [-0.15, -0.1) is 11.3 Å². The summed E-state index contributed by atoms with van der Waals surface area (Å²) >= 11 is 1.69. The zero-order valence-corrected chi connectivity index (χ0v) is 12.3. The third-order valence-corrected chi connectivity index (χ3v) is 3.74. The predicted molar refractivity (Wildman–Crippen MR) is 80.0 cm³/mol. The number of rotatable bonds is 6. The van der Waals surface area contributed by atoms with Crippen LogP contribution >= 0.6 is 11.3 Å². The number of aryl methyl sites for hydroxylation is 2. The zero-order chi connectivity index (χ0) is 14.5. The highest BCUT2D eigenvalue weighted by atomic mass is 32.1. The van der Waals surface area contributed by atoms with Crippen molar-refractivity contribution in [1.29, 1.82) is 0 Å². The summed E-state index contributed by atoms with van der Waals surface area (Å²) in [7, 11) is 0. The van der Waals surface area contributed by atoms with Crippen LogP contribution in [-0.4, -0.2) is 17.5 Å². The van der Waals surface area contributed by atoms with Crippen molar-refractivity contribution in [3.63, 3.8) is 0 Å². The van der Waals surface area contributed by atoms with E-state index in [1.165, 1.54) is 4.88 Å². The molecule has 0 saturated heterocycles. The minimum atomic E-state index is -0.487. The van der Waals surface area contributed by atoms with E-state index in [2.05, 4.69) is 10.3 Å². The molecular weight excluding hydrogens is 274 g/mol. The number of thiazole rings is 1. The lowest BCUT2D eigenvalue weighted by molar-refractivity contribution is -0.119. The van der Waals surface area contributed by atoms with Gasteiger partial charge < -0.3 is 15.8 Å². The van der Waals surface area contributed by atoms with Gasteiger partial charge in [0.1, 0.15) is 5.75 Å². The summed E-state index contributed by atoms with van der Waals surface area (Å²) in [5, 5.41) is 4.38. The van der Waals surface area contributed by atoms with Gasteiger partial charge >= 0.3 is 0 Å². The molecule has 5 nitrogen and oxygen atoms in total. The van der Waals surface area contributed by atoms with Gasteiger partial charge in [0.15, 0.2) is 6.61 Å².